The Labute approximate surface area is 133 Å². The predicted molar refractivity (Wildman–Crippen MR) is 85.9 cm³/mol. The summed E-state index contributed by atoms with van der Waals surface area (Å²) in [6.45, 7) is 2.23. The molecule has 2 heteroatoms. The van der Waals surface area contributed by atoms with Gasteiger partial charge in [0.25, 0.3) is 0 Å². The van der Waals surface area contributed by atoms with Crippen LogP contribution in [0.15, 0.2) is 11.6 Å². The summed E-state index contributed by atoms with van der Waals surface area (Å²) in [7, 11) is 0. The summed E-state index contributed by atoms with van der Waals surface area (Å²) in [4.78, 5) is 11.7. The van der Waals surface area contributed by atoms with E-state index in [1.807, 2.05) is 0 Å². The van der Waals surface area contributed by atoms with Crippen molar-refractivity contribution in [1.29, 1.82) is 0 Å². The number of hydrogen-bond acceptors (Lipinski definition) is 2. The fourth-order valence-corrected chi connectivity index (χ4v) is 6.36. The van der Waals surface area contributed by atoms with E-state index in [4.69, 9.17) is 6.42 Å². The van der Waals surface area contributed by atoms with Gasteiger partial charge in [0.05, 0.1) is 0 Å². The van der Waals surface area contributed by atoms with E-state index >= 15 is 0 Å². The Hall–Kier alpha value is -1.07. The first-order valence-corrected chi connectivity index (χ1v) is 8.89. The van der Waals surface area contributed by atoms with Gasteiger partial charge in [0, 0.05) is 18.3 Å². The average Bonchev–Trinajstić information content (AvgIpc) is 2.79. The lowest BCUT2D eigenvalue weighted by molar-refractivity contribution is -0.121. The highest BCUT2D eigenvalue weighted by Gasteiger charge is 2.61. The van der Waals surface area contributed by atoms with Crippen molar-refractivity contribution in [3.8, 4) is 12.3 Å². The van der Waals surface area contributed by atoms with E-state index in [1.54, 1.807) is 0 Å². The van der Waals surface area contributed by atoms with Crippen LogP contribution < -0.4 is 0 Å². The van der Waals surface area contributed by atoms with Crippen LogP contribution in [-0.4, -0.2) is 16.5 Å². The summed E-state index contributed by atoms with van der Waals surface area (Å²) in [5.41, 5.74) is 0.403. The van der Waals surface area contributed by atoms with Gasteiger partial charge in [-0.05, 0) is 62.2 Å². The average molecular weight is 298 g/mol. The Morgan fingerprint density at radius 1 is 1.27 bits per heavy atom. The van der Waals surface area contributed by atoms with E-state index in [1.165, 1.54) is 5.57 Å². The van der Waals surface area contributed by atoms with Crippen LogP contribution in [-0.2, 0) is 4.79 Å². The fourth-order valence-electron chi connectivity index (χ4n) is 6.36. The molecule has 6 atom stereocenters. The lowest BCUT2D eigenvalue weighted by Gasteiger charge is -2.54. The number of Topliss-reactive ketones (excluding diaryl/α,β-unsaturated/α-hetero) is 1. The molecule has 0 saturated heterocycles. The first-order chi connectivity index (χ1) is 10.5. The lowest BCUT2D eigenvalue weighted by atomic mass is 9.51. The Kier molecular flexibility index (Phi) is 3.11. The van der Waals surface area contributed by atoms with E-state index in [-0.39, 0.29) is 5.41 Å². The molecule has 0 aromatic carbocycles. The maximum atomic E-state index is 11.7. The second kappa shape index (κ2) is 4.71. The van der Waals surface area contributed by atoms with Gasteiger partial charge in [0.1, 0.15) is 11.4 Å². The van der Waals surface area contributed by atoms with Crippen molar-refractivity contribution in [1.82, 2.24) is 0 Å². The minimum absolute atomic E-state index is 0.112. The third-order valence-corrected chi connectivity index (χ3v) is 7.66. The maximum absolute atomic E-state index is 11.7. The number of ketones is 1. The van der Waals surface area contributed by atoms with Crippen molar-refractivity contribution in [3.05, 3.63) is 11.6 Å². The topological polar surface area (TPSA) is 37.3 Å². The van der Waals surface area contributed by atoms with Crippen LogP contribution in [0.3, 0.4) is 0 Å². The van der Waals surface area contributed by atoms with Crippen molar-refractivity contribution >= 4 is 5.78 Å². The molecule has 2 nitrogen and oxygen atoms in total. The zero-order valence-electron chi connectivity index (χ0n) is 13.5. The van der Waals surface area contributed by atoms with Gasteiger partial charge in [-0.15, -0.1) is 6.42 Å². The molecule has 3 saturated carbocycles. The molecular weight excluding hydrogens is 272 g/mol. The quantitative estimate of drug-likeness (QED) is 0.549. The molecule has 1 N–H and O–H groups in total. The van der Waals surface area contributed by atoms with Gasteiger partial charge in [-0.2, -0.15) is 0 Å². The zero-order chi connectivity index (χ0) is 15.5. The van der Waals surface area contributed by atoms with Gasteiger partial charge >= 0.3 is 0 Å². The highest BCUT2D eigenvalue weighted by molar-refractivity contribution is 5.82. The van der Waals surface area contributed by atoms with Crippen molar-refractivity contribution < 1.29 is 9.90 Å². The first kappa shape index (κ1) is 14.5. The van der Waals surface area contributed by atoms with Crippen LogP contribution in [0.5, 0.6) is 0 Å². The molecule has 6 unspecified atom stereocenters. The van der Waals surface area contributed by atoms with Crippen molar-refractivity contribution in [2.75, 3.05) is 0 Å². The van der Waals surface area contributed by atoms with Gasteiger partial charge in [0.2, 0.25) is 0 Å². The Bertz CT molecular complexity index is 583. The van der Waals surface area contributed by atoms with Gasteiger partial charge < -0.3 is 5.11 Å². The van der Waals surface area contributed by atoms with Gasteiger partial charge in [0.15, 0.2) is 0 Å². The molecule has 3 fully saturated rings. The molecule has 0 bridgehead atoms. The zero-order valence-corrected chi connectivity index (χ0v) is 13.5. The van der Waals surface area contributed by atoms with Crippen LogP contribution in [0.1, 0.15) is 58.3 Å². The minimum atomic E-state index is -0.908. The van der Waals surface area contributed by atoms with Crippen molar-refractivity contribution in [2.45, 2.75) is 63.9 Å². The molecule has 4 rings (SSSR count). The number of carbonyl (C=O) groups is 1. The minimum Gasteiger partial charge on any atom is -0.377 e. The highest BCUT2D eigenvalue weighted by atomic mass is 16.3. The molecule has 0 amide bonds. The summed E-state index contributed by atoms with van der Waals surface area (Å²) in [6, 6.07) is 0. The number of hydrogen-bond donors (Lipinski definition) is 1. The molecule has 118 valence electrons. The van der Waals surface area contributed by atoms with Crippen LogP contribution in [0.4, 0.5) is 0 Å². The Morgan fingerprint density at radius 2 is 2.09 bits per heavy atom. The third kappa shape index (κ3) is 1.75. The second-order valence-electron chi connectivity index (χ2n) is 8.31. The number of carbonyl (C=O) groups excluding carboxylic acids is 1. The maximum Gasteiger partial charge on any atom is 0.136 e. The number of allylic oxidation sites excluding steroid dienone is 2. The van der Waals surface area contributed by atoms with Crippen LogP contribution >= 0.6 is 0 Å². The third-order valence-electron chi connectivity index (χ3n) is 7.66. The van der Waals surface area contributed by atoms with Crippen LogP contribution in [0, 0.1) is 41.4 Å². The number of terminal acetylenes is 1. The molecular formula is C20H26O2. The summed E-state index contributed by atoms with van der Waals surface area (Å²) in [5, 5.41) is 10.9. The van der Waals surface area contributed by atoms with Gasteiger partial charge in [-0.1, -0.05) is 24.5 Å². The molecule has 0 aromatic heterocycles. The number of rotatable bonds is 0. The van der Waals surface area contributed by atoms with E-state index in [0.717, 1.165) is 44.9 Å². The first-order valence-electron chi connectivity index (χ1n) is 8.89. The van der Waals surface area contributed by atoms with Gasteiger partial charge in [-0.25, -0.2) is 0 Å². The molecule has 0 radical (unpaired) electrons. The normalized spacial score (nSPS) is 50.4. The van der Waals surface area contributed by atoms with E-state index in [2.05, 4.69) is 18.9 Å². The lowest BCUT2D eigenvalue weighted by Crippen LogP contribution is -2.51. The summed E-state index contributed by atoms with van der Waals surface area (Å²) >= 11 is 0. The largest absolute Gasteiger partial charge is 0.377 e. The molecule has 4 aliphatic rings. The molecule has 0 aromatic rings. The monoisotopic (exact) mass is 298 g/mol. The predicted octanol–water partition coefficient (Wildman–Crippen LogP) is 3.49. The number of aliphatic hydroxyl groups is 1. The van der Waals surface area contributed by atoms with Crippen molar-refractivity contribution in [2.24, 2.45) is 29.1 Å². The molecule has 0 spiro atoms. The molecule has 22 heavy (non-hydrogen) atoms. The van der Waals surface area contributed by atoms with Crippen molar-refractivity contribution in [3.63, 3.8) is 0 Å². The Morgan fingerprint density at radius 3 is 2.86 bits per heavy atom. The molecule has 0 aliphatic heterocycles. The van der Waals surface area contributed by atoms with E-state index in [0.29, 0.717) is 35.9 Å². The number of fused-ring (bicyclic) bond motifs is 5. The van der Waals surface area contributed by atoms with E-state index < -0.39 is 5.60 Å². The second-order valence-corrected chi connectivity index (χ2v) is 8.31. The summed E-state index contributed by atoms with van der Waals surface area (Å²) in [6.07, 6.45) is 15.7. The highest BCUT2D eigenvalue weighted by Crippen LogP contribution is 2.64. The van der Waals surface area contributed by atoms with Crippen LogP contribution in [0.25, 0.3) is 0 Å². The fraction of sp³-hybridized carbons (Fsp3) is 0.750. The molecule has 0 heterocycles. The van der Waals surface area contributed by atoms with Crippen LogP contribution in [0.2, 0.25) is 0 Å². The van der Waals surface area contributed by atoms with Gasteiger partial charge in [-0.3, -0.25) is 4.79 Å². The summed E-state index contributed by atoms with van der Waals surface area (Å²) < 4.78 is 0. The Balaban J connectivity index is 1.66. The standard InChI is InChI=1S/C20H26O2/c1-3-20(22)11-9-18-17-6-4-13-12-14(21)5-7-15(13)16(17)8-10-19(18,20)2/h1,4,15-18,22H,5-12H2,2H3. The van der Waals surface area contributed by atoms with E-state index in [9.17, 15) is 9.90 Å². The molecule has 4 aliphatic carbocycles. The smallest absolute Gasteiger partial charge is 0.136 e. The summed E-state index contributed by atoms with van der Waals surface area (Å²) in [5.74, 6) is 5.69. The SMILES string of the molecule is C#CC1(O)CCC2C3CC=C4CC(=O)CCC4C3CCC21C.